The van der Waals surface area contributed by atoms with Crippen LogP contribution in [0.3, 0.4) is 0 Å². The molecule has 6 nitrogen and oxygen atoms in total. The zero-order valence-electron chi connectivity index (χ0n) is 16.0. The van der Waals surface area contributed by atoms with Crippen molar-refractivity contribution in [3.05, 3.63) is 23.8 Å². The van der Waals surface area contributed by atoms with Gasteiger partial charge in [0.25, 0.3) is 0 Å². The Hall–Kier alpha value is -1.50. The number of hydrogen-bond acceptors (Lipinski definition) is 5. The number of aliphatic hydroxyl groups excluding tert-OH is 1. The fraction of sp³-hybridized carbons (Fsp3) is 0.650. The molecule has 0 spiro atoms. The number of fused-ring (bicyclic) bond motifs is 2. The molecular formula is C20H31ClN2O4. The second-order valence-electron chi connectivity index (χ2n) is 7.60. The predicted molar refractivity (Wildman–Crippen MR) is 106 cm³/mol. The van der Waals surface area contributed by atoms with Gasteiger partial charge in [-0.3, -0.25) is 4.79 Å². The lowest BCUT2D eigenvalue weighted by Crippen LogP contribution is -2.49. The normalized spacial score (nSPS) is 27.9. The van der Waals surface area contributed by atoms with Crippen LogP contribution in [0, 0.1) is 17.8 Å². The summed E-state index contributed by atoms with van der Waals surface area (Å²) in [6, 6.07) is 5.51. The molecule has 2 fully saturated rings. The van der Waals surface area contributed by atoms with Crippen LogP contribution in [0.25, 0.3) is 0 Å². The Morgan fingerprint density at radius 1 is 1.19 bits per heavy atom. The summed E-state index contributed by atoms with van der Waals surface area (Å²) in [4.78, 5) is 12.6. The number of ether oxygens (including phenoxy) is 2. The number of carbonyl (C=O) groups excluding carboxylic acids is 1. The van der Waals surface area contributed by atoms with E-state index in [4.69, 9.17) is 15.2 Å². The Balaban J connectivity index is 0.00000261. The third-order valence-corrected chi connectivity index (χ3v) is 6.01. The number of rotatable bonds is 6. The molecule has 0 saturated heterocycles. The van der Waals surface area contributed by atoms with Gasteiger partial charge in [0.2, 0.25) is 5.91 Å². The highest BCUT2D eigenvalue weighted by Gasteiger charge is 2.40. The largest absolute Gasteiger partial charge is 0.497 e. The maximum atomic E-state index is 12.6. The van der Waals surface area contributed by atoms with E-state index in [1.807, 2.05) is 0 Å². The van der Waals surface area contributed by atoms with Gasteiger partial charge in [-0.25, -0.2) is 0 Å². The zero-order valence-corrected chi connectivity index (χ0v) is 16.8. The summed E-state index contributed by atoms with van der Waals surface area (Å²) in [5, 5.41) is 13.4. The number of amides is 1. The third kappa shape index (κ3) is 5.06. The lowest BCUT2D eigenvalue weighted by molar-refractivity contribution is -0.128. The fourth-order valence-corrected chi connectivity index (χ4v) is 4.48. The van der Waals surface area contributed by atoms with Crippen LogP contribution < -0.4 is 20.5 Å². The van der Waals surface area contributed by atoms with E-state index >= 15 is 0 Å². The lowest BCUT2D eigenvalue weighted by atomic mass is 9.65. The summed E-state index contributed by atoms with van der Waals surface area (Å²) in [6.07, 6.45) is 4.42. The third-order valence-electron chi connectivity index (χ3n) is 6.01. The molecule has 2 bridgehead atoms. The monoisotopic (exact) mass is 398 g/mol. The van der Waals surface area contributed by atoms with Crippen molar-refractivity contribution in [3.63, 3.8) is 0 Å². The van der Waals surface area contributed by atoms with Gasteiger partial charge in [0.1, 0.15) is 11.5 Å². The molecule has 2 aliphatic carbocycles. The average molecular weight is 399 g/mol. The van der Waals surface area contributed by atoms with Crippen LogP contribution >= 0.6 is 12.4 Å². The first-order valence-electron chi connectivity index (χ1n) is 9.46. The number of halogens is 1. The smallest absolute Gasteiger partial charge is 0.223 e. The minimum Gasteiger partial charge on any atom is -0.497 e. The van der Waals surface area contributed by atoms with Crippen LogP contribution in [0.4, 0.5) is 0 Å². The SMILES string of the molecule is COc1cc(OC)cc(C(O)CNC(=O)C2CC3CCCC(C2)C3N)c1.Cl. The molecule has 2 aliphatic rings. The van der Waals surface area contributed by atoms with E-state index < -0.39 is 6.10 Å². The molecule has 152 valence electrons. The molecule has 0 heterocycles. The van der Waals surface area contributed by atoms with Crippen LogP contribution in [0.5, 0.6) is 11.5 Å². The van der Waals surface area contributed by atoms with Crippen molar-refractivity contribution < 1.29 is 19.4 Å². The number of nitrogens with one attached hydrogen (secondary N) is 1. The van der Waals surface area contributed by atoms with Gasteiger partial charge < -0.3 is 25.6 Å². The van der Waals surface area contributed by atoms with Crippen molar-refractivity contribution >= 4 is 18.3 Å². The topological polar surface area (TPSA) is 93.8 Å². The summed E-state index contributed by atoms with van der Waals surface area (Å²) in [5.41, 5.74) is 6.96. The first kappa shape index (κ1) is 21.8. The molecule has 1 aromatic carbocycles. The molecule has 1 amide bonds. The van der Waals surface area contributed by atoms with E-state index in [9.17, 15) is 9.90 Å². The standard InChI is InChI=1S/C20H30N2O4.ClH/c1-25-16-8-14(9-17(10-16)26-2)18(23)11-22-20(24)15-6-12-4-3-5-13(7-15)19(12)21;/h8-10,12-13,15,18-19,23H,3-7,11,21H2,1-2H3,(H,22,24);1H. The minimum absolute atomic E-state index is 0. The highest BCUT2D eigenvalue weighted by Crippen LogP contribution is 2.41. The van der Waals surface area contributed by atoms with Gasteiger partial charge in [-0.05, 0) is 55.2 Å². The molecular weight excluding hydrogens is 368 g/mol. The number of benzene rings is 1. The number of carbonyl (C=O) groups is 1. The van der Waals surface area contributed by atoms with Gasteiger partial charge in [-0.1, -0.05) is 6.42 Å². The van der Waals surface area contributed by atoms with Crippen molar-refractivity contribution in [2.45, 2.75) is 44.2 Å². The molecule has 3 unspecified atom stereocenters. The van der Waals surface area contributed by atoms with Crippen molar-refractivity contribution in [3.8, 4) is 11.5 Å². The van der Waals surface area contributed by atoms with Crippen LogP contribution in [0.15, 0.2) is 18.2 Å². The molecule has 3 atom stereocenters. The lowest BCUT2D eigenvalue weighted by Gasteiger charge is -2.43. The number of nitrogens with two attached hydrogens (primary N) is 1. The molecule has 0 radical (unpaired) electrons. The van der Waals surface area contributed by atoms with Gasteiger partial charge in [0.05, 0.1) is 20.3 Å². The maximum absolute atomic E-state index is 12.6. The first-order chi connectivity index (χ1) is 12.5. The highest BCUT2D eigenvalue weighted by molar-refractivity contribution is 5.85. The first-order valence-corrected chi connectivity index (χ1v) is 9.46. The van der Waals surface area contributed by atoms with E-state index in [0.29, 0.717) is 28.9 Å². The van der Waals surface area contributed by atoms with Crippen molar-refractivity contribution in [1.82, 2.24) is 5.32 Å². The van der Waals surface area contributed by atoms with Crippen molar-refractivity contribution in [1.29, 1.82) is 0 Å². The fourth-order valence-electron chi connectivity index (χ4n) is 4.48. The highest BCUT2D eigenvalue weighted by atomic mass is 35.5. The summed E-state index contributed by atoms with van der Waals surface area (Å²) >= 11 is 0. The number of aliphatic hydroxyl groups is 1. The van der Waals surface area contributed by atoms with Crippen LogP contribution in [0.1, 0.15) is 43.8 Å². The van der Waals surface area contributed by atoms with Gasteiger partial charge in [0, 0.05) is 24.6 Å². The molecule has 4 N–H and O–H groups in total. The van der Waals surface area contributed by atoms with Crippen LogP contribution in [-0.4, -0.2) is 37.8 Å². The predicted octanol–water partition coefficient (Wildman–Crippen LogP) is 2.43. The molecule has 27 heavy (non-hydrogen) atoms. The van der Waals surface area contributed by atoms with Crippen LogP contribution in [0.2, 0.25) is 0 Å². The Labute approximate surface area is 167 Å². The molecule has 3 rings (SSSR count). The minimum atomic E-state index is -0.812. The zero-order chi connectivity index (χ0) is 18.7. The maximum Gasteiger partial charge on any atom is 0.223 e. The van der Waals surface area contributed by atoms with Crippen molar-refractivity contribution in [2.75, 3.05) is 20.8 Å². The molecule has 1 aromatic rings. The van der Waals surface area contributed by atoms with Gasteiger partial charge in [-0.2, -0.15) is 0 Å². The molecule has 0 aromatic heterocycles. The van der Waals surface area contributed by atoms with Gasteiger partial charge in [-0.15, -0.1) is 12.4 Å². The van der Waals surface area contributed by atoms with E-state index in [-0.39, 0.29) is 36.8 Å². The Morgan fingerprint density at radius 3 is 2.26 bits per heavy atom. The molecule has 7 heteroatoms. The molecule has 0 aliphatic heterocycles. The van der Waals surface area contributed by atoms with Gasteiger partial charge in [0.15, 0.2) is 0 Å². The Kier molecular flexibility index (Phi) is 7.77. The summed E-state index contributed by atoms with van der Waals surface area (Å²) in [6.45, 7) is 0.174. The van der Waals surface area contributed by atoms with Gasteiger partial charge >= 0.3 is 0 Å². The number of methoxy groups -OCH3 is 2. The summed E-state index contributed by atoms with van der Waals surface area (Å²) < 4.78 is 10.5. The summed E-state index contributed by atoms with van der Waals surface area (Å²) in [5.74, 6) is 2.19. The van der Waals surface area contributed by atoms with E-state index in [2.05, 4.69) is 5.32 Å². The van der Waals surface area contributed by atoms with Crippen LogP contribution in [-0.2, 0) is 4.79 Å². The Bertz CT molecular complexity index is 606. The second-order valence-corrected chi connectivity index (χ2v) is 7.60. The number of hydrogen-bond donors (Lipinski definition) is 3. The summed E-state index contributed by atoms with van der Waals surface area (Å²) in [7, 11) is 3.13. The second kappa shape index (κ2) is 9.62. The van der Waals surface area contributed by atoms with E-state index in [0.717, 1.165) is 25.7 Å². The average Bonchev–Trinajstić information content (AvgIpc) is 2.65. The Morgan fingerprint density at radius 2 is 1.74 bits per heavy atom. The molecule has 2 saturated carbocycles. The van der Waals surface area contributed by atoms with E-state index in [1.165, 1.54) is 6.42 Å². The van der Waals surface area contributed by atoms with Crippen molar-refractivity contribution in [2.24, 2.45) is 23.5 Å². The van der Waals surface area contributed by atoms with E-state index in [1.54, 1.807) is 32.4 Å². The quantitative estimate of drug-likeness (QED) is 0.684.